The number of furan rings is 1. The summed E-state index contributed by atoms with van der Waals surface area (Å²) in [5.41, 5.74) is 3.06. The summed E-state index contributed by atoms with van der Waals surface area (Å²) >= 11 is 1.49. The lowest BCUT2D eigenvalue weighted by Crippen LogP contribution is -2.31. The quantitative estimate of drug-likeness (QED) is 0.421. The number of hydrogen-bond donors (Lipinski definition) is 0. The summed E-state index contributed by atoms with van der Waals surface area (Å²) < 4.78 is 11.8. The van der Waals surface area contributed by atoms with E-state index in [0.29, 0.717) is 18.1 Å². The van der Waals surface area contributed by atoms with E-state index in [1.807, 2.05) is 42.5 Å². The SMILES string of the molecule is CCc1ccc(CC(=O)N(Cc2ccco2)c2nc3cc(OC)ccc3s2)cc1. The second-order valence-corrected chi connectivity index (χ2v) is 7.75. The average Bonchev–Trinajstić information content (AvgIpc) is 3.41. The molecule has 2 aromatic carbocycles. The van der Waals surface area contributed by atoms with Gasteiger partial charge in [0.05, 0.1) is 36.6 Å². The molecule has 0 aliphatic rings. The van der Waals surface area contributed by atoms with Gasteiger partial charge in [0.2, 0.25) is 5.91 Å². The smallest absolute Gasteiger partial charge is 0.233 e. The average molecular weight is 407 g/mol. The number of ether oxygens (including phenoxy) is 1. The first kappa shape index (κ1) is 19.2. The Hall–Kier alpha value is -3.12. The first-order valence-electron chi connectivity index (χ1n) is 9.51. The lowest BCUT2D eigenvalue weighted by atomic mass is 10.1. The minimum Gasteiger partial charge on any atom is -0.497 e. The van der Waals surface area contributed by atoms with Gasteiger partial charge in [-0.2, -0.15) is 0 Å². The second kappa shape index (κ2) is 8.49. The van der Waals surface area contributed by atoms with Crippen molar-refractivity contribution in [3.05, 3.63) is 77.7 Å². The van der Waals surface area contributed by atoms with Crippen LogP contribution in [0, 0.1) is 0 Å². The highest BCUT2D eigenvalue weighted by molar-refractivity contribution is 7.22. The molecule has 0 radical (unpaired) electrons. The van der Waals surface area contributed by atoms with Gasteiger partial charge in [-0.05, 0) is 41.8 Å². The molecule has 4 aromatic rings. The number of benzene rings is 2. The highest BCUT2D eigenvalue weighted by Gasteiger charge is 2.21. The van der Waals surface area contributed by atoms with Crippen molar-refractivity contribution in [2.24, 2.45) is 0 Å². The molecule has 4 rings (SSSR count). The molecule has 0 aliphatic heterocycles. The Morgan fingerprint density at radius 1 is 1.14 bits per heavy atom. The lowest BCUT2D eigenvalue weighted by molar-refractivity contribution is -0.118. The van der Waals surface area contributed by atoms with E-state index in [4.69, 9.17) is 14.1 Å². The van der Waals surface area contributed by atoms with Crippen LogP contribution in [0.5, 0.6) is 5.75 Å². The Morgan fingerprint density at radius 2 is 1.93 bits per heavy atom. The molecule has 0 aliphatic carbocycles. The van der Waals surface area contributed by atoms with Gasteiger partial charge in [-0.3, -0.25) is 9.69 Å². The summed E-state index contributed by atoms with van der Waals surface area (Å²) in [6, 6.07) is 17.6. The number of rotatable bonds is 7. The van der Waals surface area contributed by atoms with Crippen molar-refractivity contribution in [2.45, 2.75) is 26.3 Å². The first-order chi connectivity index (χ1) is 14.2. The summed E-state index contributed by atoms with van der Waals surface area (Å²) in [6.45, 7) is 2.46. The fraction of sp³-hybridized carbons (Fsp3) is 0.217. The van der Waals surface area contributed by atoms with Gasteiger partial charge in [-0.15, -0.1) is 0 Å². The van der Waals surface area contributed by atoms with Gasteiger partial charge in [-0.25, -0.2) is 4.98 Å². The monoisotopic (exact) mass is 406 g/mol. The Balaban J connectivity index is 1.64. The van der Waals surface area contributed by atoms with Crippen molar-refractivity contribution < 1.29 is 13.9 Å². The molecule has 0 atom stereocenters. The molecule has 6 heteroatoms. The van der Waals surface area contributed by atoms with Crippen LogP contribution in [0.3, 0.4) is 0 Å². The molecule has 0 saturated heterocycles. The van der Waals surface area contributed by atoms with E-state index in [1.165, 1.54) is 16.9 Å². The zero-order chi connectivity index (χ0) is 20.2. The van der Waals surface area contributed by atoms with Crippen molar-refractivity contribution in [2.75, 3.05) is 12.0 Å². The number of fused-ring (bicyclic) bond motifs is 1. The molecule has 148 valence electrons. The first-order valence-corrected chi connectivity index (χ1v) is 10.3. The topological polar surface area (TPSA) is 55.6 Å². The van der Waals surface area contributed by atoms with Crippen molar-refractivity contribution in [3.8, 4) is 5.75 Å². The van der Waals surface area contributed by atoms with Crippen LogP contribution >= 0.6 is 11.3 Å². The highest BCUT2D eigenvalue weighted by atomic mass is 32.1. The van der Waals surface area contributed by atoms with Crippen molar-refractivity contribution in [1.29, 1.82) is 0 Å². The molecule has 29 heavy (non-hydrogen) atoms. The molecular formula is C23H22N2O3S. The van der Waals surface area contributed by atoms with Crippen LogP contribution in [0.2, 0.25) is 0 Å². The predicted octanol–water partition coefficient (Wildman–Crippen LogP) is 5.24. The van der Waals surface area contributed by atoms with E-state index in [2.05, 4.69) is 19.1 Å². The standard InChI is InChI=1S/C23H22N2O3S/c1-3-16-6-8-17(9-7-16)13-22(26)25(15-19-5-4-12-28-19)23-24-20-14-18(27-2)10-11-21(20)29-23/h4-12,14H,3,13,15H2,1-2H3. The van der Waals surface area contributed by atoms with Crippen LogP contribution in [0.4, 0.5) is 5.13 Å². The van der Waals surface area contributed by atoms with Crippen LogP contribution in [0.15, 0.2) is 65.3 Å². The Morgan fingerprint density at radius 3 is 2.62 bits per heavy atom. The Kier molecular flexibility index (Phi) is 5.62. The van der Waals surface area contributed by atoms with Gasteiger partial charge >= 0.3 is 0 Å². The molecule has 1 amide bonds. The maximum absolute atomic E-state index is 13.2. The van der Waals surface area contributed by atoms with Crippen LogP contribution < -0.4 is 9.64 Å². The lowest BCUT2D eigenvalue weighted by Gasteiger charge is -2.19. The number of amides is 1. The molecule has 0 fully saturated rings. The number of nitrogens with zero attached hydrogens (tertiary/aromatic N) is 2. The molecular weight excluding hydrogens is 384 g/mol. The van der Waals surface area contributed by atoms with Gasteiger partial charge in [-0.1, -0.05) is 42.5 Å². The second-order valence-electron chi connectivity index (χ2n) is 6.74. The van der Waals surface area contributed by atoms with Crippen LogP contribution in [-0.4, -0.2) is 18.0 Å². The van der Waals surface area contributed by atoms with Crippen LogP contribution in [0.1, 0.15) is 23.8 Å². The molecule has 2 aromatic heterocycles. The summed E-state index contributed by atoms with van der Waals surface area (Å²) in [7, 11) is 1.63. The molecule has 5 nitrogen and oxygen atoms in total. The maximum atomic E-state index is 13.2. The van der Waals surface area contributed by atoms with Crippen LogP contribution in [0.25, 0.3) is 10.2 Å². The van der Waals surface area contributed by atoms with Gasteiger partial charge in [0, 0.05) is 6.07 Å². The van der Waals surface area contributed by atoms with E-state index in [9.17, 15) is 4.79 Å². The number of aryl methyl sites for hydroxylation is 1. The molecule has 2 heterocycles. The summed E-state index contributed by atoms with van der Waals surface area (Å²) in [5.74, 6) is 1.45. The van der Waals surface area contributed by atoms with Gasteiger partial charge in [0.15, 0.2) is 5.13 Å². The van der Waals surface area contributed by atoms with E-state index >= 15 is 0 Å². The number of aromatic nitrogens is 1. The zero-order valence-electron chi connectivity index (χ0n) is 16.4. The molecule has 0 bridgehead atoms. The van der Waals surface area contributed by atoms with Gasteiger partial charge in [0.25, 0.3) is 0 Å². The number of hydrogen-bond acceptors (Lipinski definition) is 5. The summed E-state index contributed by atoms with van der Waals surface area (Å²) in [6.07, 6.45) is 2.91. The third-order valence-electron chi connectivity index (χ3n) is 4.80. The fourth-order valence-corrected chi connectivity index (χ4v) is 4.08. The normalized spacial score (nSPS) is 11.0. The van der Waals surface area contributed by atoms with E-state index < -0.39 is 0 Å². The summed E-state index contributed by atoms with van der Waals surface area (Å²) in [5, 5.41) is 0.653. The molecule has 0 unspecified atom stereocenters. The van der Waals surface area contributed by atoms with Gasteiger partial charge < -0.3 is 9.15 Å². The largest absolute Gasteiger partial charge is 0.497 e. The van der Waals surface area contributed by atoms with Crippen molar-refractivity contribution in [3.63, 3.8) is 0 Å². The number of carbonyl (C=O) groups is 1. The number of thiazole rings is 1. The maximum Gasteiger partial charge on any atom is 0.233 e. The van der Waals surface area contributed by atoms with Gasteiger partial charge in [0.1, 0.15) is 11.5 Å². The minimum absolute atomic E-state index is 0.0170. The number of carbonyl (C=O) groups excluding carboxylic acids is 1. The zero-order valence-corrected chi connectivity index (χ0v) is 17.2. The van der Waals surface area contributed by atoms with Crippen molar-refractivity contribution >= 4 is 32.6 Å². The molecule has 0 N–H and O–H groups in total. The number of methoxy groups -OCH3 is 1. The Labute approximate surface area is 173 Å². The molecule has 0 saturated carbocycles. The van der Waals surface area contributed by atoms with E-state index in [0.717, 1.165) is 33.7 Å². The third-order valence-corrected chi connectivity index (χ3v) is 5.86. The van der Waals surface area contributed by atoms with Crippen molar-refractivity contribution in [1.82, 2.24) is 4.98 Å². The van der Waals surface area contributed by atoms with Crippen LogP contribution in [-0.2, 0) is 24.2 Å². The summed E-state index contributed by atoms with van der Waals surface area (Å²) in [4.78, 5) is 19.6. The third kappa shape index (κ3) is 4.32. The minimum atomic E-state index is -0.0170. The predicted molar refractivity (Wildman–Crippen MR) is 116 cm³/mol. The highest BCUT2D eigenvalue weighted by Crippen LogP contribution is 2.32. The number of anilines is 1. The van der Waals surface area contributed by atoms with E-state index in [1.54, 1.807) is 18.3 Å². The fourth-order valence-electron chi connectivity index (χ4n) is 3.12. The molecule has 0 spiro atoms. The Bertz CT molecular complexity index is 1100. The van der Waals surface area contributed by atoms with E-state index in [-0.39, 0.29) is 5.91 Å².